The average molecular weight is 461 g/mol. The highest BCUT2D eigenvalue weighted by Crippen LogP contribution is 2.14. The number of aliphatic imine (C=N–C) groups is 1. The lowest BCUT2D eigenvalue weighted by atomic mass is 9.99. The standard InChI is InChI=1S/C29H52N2O2/c1-5-6-7-8-9-10-11-12-13-14-15-16-17-18-19-20-23-30-26(4)28(25(2)3)31-29(32)27-22-21-24-33-27/h21-22,24-25,28H,5-20,23H2,1-4H3,(H,31,32). The summed E-state index contributed by atoms with van der Waals surface area (Å²) in [7, 11) is 0. The number of nitrogens with zero attached hydrogens (tertiary/aromatic N) is 1. The van der Waals surface area contributed by atoms with Crippen LogP contribution in [0.4, 0.5) is 0 Å². The Morgan fingerprint density at radius 1 is 0.848 bits per heavy atom. The predicted octanol–water partition coefficient (Wildman–Crippen LogP) is 8.76. The number of rotatable bonds is 21. The van der Waals surface area contributed by atoms with Crippen LogP contribution in [0.3, 0.4) is 0 Å². The monoisotopic (exact) mass is 460 g/mol. The number of hydrogen-bond donors (Lipinski definition) is 1. The number of nitrogens with one attached hydrogen (secondary N) is 1. The van der Waals surface area contributed by atoms with E-state index in [4.69, 9.17) is 9.41 Å². The maximum absolute atomic E-state index is 12.3. The summed E-state index contributed by atoms with van der Waals surface area (Å²) in [5.74, 6) is 0.473. The van der Waals surface area contributed by atoms with Crippen molar-refractivity contribution in [3.63, 3.8) is 0 Å². The van der Waals surface area contributed by atoms with E-state index in [0.717, 1.165) is 18.7 Å². The summed E-state index contributed by atoms with van der Waals surface area (Å²) in [6.07, 6.45) is 23.6. The van der Waals surface area contributed by atoms with E-state index in [1.165, 1.54) is 103 Å². The minimum Gasteiger partial charge on any atom is -0.459 e. The van der Waals surface area contributed by atoms with Gasteiger partial charge in [0.2, 0.25) is 0 Å². The van der Waals surface area contributed by atoms with E-state index in [2.05, 4.69) is 26.1 Å². The summed E-state index contributed by atoms with van der Waals surface area (Å²) in [5.41, 5.74) is 1.01. The van der Waals surface area contributed by atoms with Crippen LogP contribution in [0, 0.1) is 5.92 Å². The van der Waals surface area contributed by atoms with E-state index in [1.807, 2.05) is 6.92 Å². The van der Waals surface area contributed by atoms with Gasteiger partial charge in [0.05, 0.1) is 12.3 Å². The Morgan fingerprint density at radius 2 is 1.33 bits per heavy atom. The molecule has 33 heavy (non-hydrogen) atoms. The Kier molecular flexibility index (Phi) is 17.7. The van der Waals surface area contributed by atoms with E-state index in [9.17, 15) is 4.79 Å². The van der Waals surface area contributed by atoms with Crippen LogP contribution in [-0.2, 0) is 0 Å². The van der Waals surface area contributed by atoms with Crippen molar-refractivity contribution in [2.24, 2.45) is 10.9 Å². The zero-order valence-corrected chi connectivity index (χ0v) is 22.2. The first kappa shape index (κ1) is 29.5. The molecule has 1 unspecified atom stereocenters. The van der Waals surface area contributed by atoms with Crippen LogP contribution in [0.2, 0.25) is 0 Å². The molecule has 4 heteroatoms. The number of unbranched alkanes of at least 4 members (excludes halogenated alkanes) is 15. The highest BCUT2D eigenvalue weighted by atomic mass is 16.3. The largest absolute Gasteiger partial charge is 0.459 e. The van der Waals surface area contributed by atoms with Crippen molar-refractivity contribution in [2.45, 2.75) is 136 Å². The lowest BCUT2D eigenvalue weighted by Gasteiger charge is -2.22. The summed E-state index contributed by atoms with van der Waals surface area (Å²) in [4.78, 5) is 17.1. The molecule has 0 aliphatic rings. The molecule has 0 fully saturated rings. The van der Waals surface area contributed by atoms with Gasteiger partial charge in [0.1, 0.15) is 0 Å². The fraction of sp³-hybridized carbons (Fsp3) is 0.793. The normalized spacial score (nSPS) is 12.9. The Bertz CT molecular complexity index is 607. The van der Waals surface area contributed by atoms with Crippen molar-refractivity contribution in [2.75, 3.05) is 6.54 Å². The maximum atomic E-state index is 12.3. The Balaban J connectivity index is 2.00. The van der Waals surface area contributed by atoms with Gasteiger partial charge in [-0.15, -0.1) is 0 Å². The van der Waals surface area contributed by atoms with Crippen LogP contribution in [0.1, 0.15) is 141 Å². The smallest absolute Gasteiger partial charge is 0.287 e. The lowest BCUT2D eigenvalue weighted by molar-refractivity contribution is 0.0911. The van der Waals surface area contributed by atoms with Crippen molar-refractivity contribution in [3.8, 4) is 0 Å². The zero-order valence-electron chi connectivity index (χ0n) is 22.2. The molecular formula is C29H52N2O2. The molecule has 1 amide bonds. The second-order valence-corrected chi connectivity index (χ2v) is 10.00. The van der Waals surface area contributed by atoms with Gasteiger partial charge in [-0.25, -0.2) is 0 Å². The van der Waals surface area contributed by atoms with Crippen LogP contribution in [0.15, 0.2) is 27.8 Å². The molecule has 0 bridgehead atoms. The summed E-state index contributed by atoms with van der Waals surface area (Å²) in [6, 6.07) is 3.37. The van der Waals surface area contributed by atoms with Gasteiger partial charge in [0, 0.05) is 12.3 Å². The summed E-state index contributed by atoms with van der Waals surface area (Å²) < 4.78 is 5.20. The van der Waals surface area contributed by atoms with Crippen molar-refractivity contribution >= 4 is 11.6 Å². The molecule has 1 rings (SSSR count). The van der Waals surface area contributed by atoms with Crippen LogP contribution < -0.4 is 5.32 Å². The molecule has 0 aromatic carbocycles. The number of hydrogen-bond acceptors (Lipinski definition) is 3. The minimum atomic E-state index is -0.171. The molecule has 0 radical (unpaired) electrons. The Hall–Kier alpha value is -1.58. The maximum Gasteiger partial charge on any atom is 0.287 e. The molecule has 4 nitrogen and oxygen atoms in total. The predicted molar refractivity (Wildman–Crippen MR) is 142 cm³/mol. The lowest BCUT2D eigenvalue weighted by Crippen LogP contribution is -2.43. The highest BCUT2D eigenvalue weighted by molar-refractivity contribution is 5.97. The Labute approximate surface area is 204 Å². The molecule has 1 aromatic heterocycles. The van der Waals surface area contributed by atoms with Gasteiger partial charge in [0.25, 0.3) is 5.91 Å². The molecule has 190 valence electrons. The molecule has 0 spiro atoms. The van der Waals surface area contributed by atoms with E-state index < -0.39 is 0 Å². The fourth-order valence-electron chi connectivity index (χ4n) is 4.39. The van der Waals surface area contributed by atoms with E-state index in [1.54, 1.807) is 12.1 Å². The molecule has 1 atom stereocenters. The molecule has 0 aliphatic carbocycles. The second-order valence-electron chi connectivity index (χ2n) is 10.00. The highest BCUT2D eigenvalue weighted by Gasteiger charge is 2.21. The molecule has 1 aromatic rings. The number of carbonyl (C=O) groups is 1. The van der Waals surface area contributed by atoms with Crippen molar-refractivity contribution in [3.05, 3.63) is 24.2 Å². The zero-order chi connectivity index (χ0) is 24.2. The SMILES string of the molecule is CCCCCCCCCCCCCCCCCCN=C(C)C(NC(=O)c1ccco1)C(C)C. The number of amides is 1. The molecular weight excluding hydrogens is 408 g/mol. The molecule has 1 heterocycles. The van der Waals surface area contributed by atoms with Crippen LogP contribution in [0.25, 0.3) is 0 Å². The van der Waals surface area contributed by atoms with Crippen LogP contribution in [-0.4, -0.2) is 24.2 Å². The average Bonchev–Trinajstić information content (AvgIpc) is 3.34. The fourth-order valence-corrected chi connectivity index (χ4v) is 4.39. The van der Waals surface area contributed by atoms with Gasteiger partial charge in [0.15, 0.2) is 5.76 Å². The minimum absolute atomic E-state index is 0.0522. The summed E-state index contributed by atoms with van der Waals surface area (Å²) in [6.45, 7) is 9.39. The third-order valence-corrected chi connectivity index (χ3v) is 6.52. The van der Waals surface area contributed by atoms with Crippen molar-refractivity contribution in [1.82, 2.24) is 5.32 Å². The van der Waals surface area contributed by atoms with E-state index >= 15 is 0 Å². The summed E-state index contributed by atoms with van der Waals surface area (Å²) in [5, 5.41) is 3.06. The topological polar surface area (TPSA) is 54.6 Å². The molecule has 0 saturated heterocycles. The molecule has 0 saturated carbocycles. The van der Waals surface area contributed by atoms with E-state index in [0.29, 0.717) is 11.7 Å². The number of carbonyl (C=O) groups excluding carboxylic acids is 1. The first-order valence-electron chi connectivity index (χ1n) is 13.9. The van der Waals surface area contributed by atoms with Crippen molar-refractivity contribution < 1.29 is 9.21 Å². The number of furan rings is 1. The van der Waals surface area contributed by atoms with Gasteiger partial charge in [-0.05, 0) is 31.4 Å². The quantitative estimate of drug-likeness (QED) is 0.147. The van der Waals surface area contributed by atoms with Gasteiger partial charge in [-0.3, -0.25) is 9.79 Å². The molecule has 1 N–H and O–H groups in total. The van der Waals surface area contributed by atoms with Gasteiger partial charge in [-0.1, -0.05) is 117 Å². The van der Waals surface area contributed by atoms with Crippen molar-refractivity contribution in [1.29, 1.82) is 0 Å². The molecule has 0 aliphatic heterocycles. The van der Waals surface area contributed by atoms with Gasteiger partial charge < -0.3 is 9.73 Å². The van der Waals surface area contributed by atoms with Crippen LogP contribution >= 0.6 is 0 Å². The summed E-state index contributed by atoms with van der Waals surface area (Å²) >= 11 is 0. The third kappa shape index (κ3) is 15.0. The van der Waals surface area contributed by atoms with E-state index in [-0.39, 0.29) is 11.9 Å². The Morgan fingerprint density at radius 3 is 1.76 bits per heavy atom. The van der Waals surface area contributed by atoms with Crippen LogP contribution in [0.5, 0.6) is 0 Å². The third-order valence-electron chi connectivity index (χ3n) is 6.52. The first-order valence-corrected chi connectivity index (χ1v) is 13.9. The second kappa shape index (κ2) is 19.9. The van der Waals surface area contributed by atoms with Gasteiger partial charge in [-0.2, -0.15) is 0 Å². The van der Waals surface area contributed by atoms with Gasteiger partial charge >= 0.3 is 0 Å². The first-order chi connectivity index (χ1) is 16.1.